The summed E-state index contributed by atoms with van der Waals surface area (Å²) in [6.07, 6.45) is 1.93. The molecule has 4 nitrogen and oxygen atoms in total. The molecule has 0 saturated heterocycles. The van der Waals surface area contributed by atoms with E-state index in [1.165, 1.54) is 5.56 Å². The number of aryl methyl sites for hydroxylation is 1. The van der Waals surface area contributed by atoms with Crippen molar-refractivity contribution in [3.8, 4) is 5.88 Å². The quantitative estimate of drug-likeness (QED) is 0.804. The summed E-state index contributed by atoms with van der Waals surface area (Å²) < 4.78 is 7.39. The van der Waals surface area contributed by atoms with Crippen LogP contribution >= 0.6 is 0 Å². The van der Waals surface area contributed by atoms with Crippen LogP contribution in [0.3, 0.4) is 0 Å². The predicted molar refractivity (Wildman–Crippen MR) is 65.9 cm³/mol. The Hall–Kier alpha value is -1.03. The Morgan fingerprint density at radius 1 is 1.44 bits per heavy atom. The lowest BCUT2D eigenvalue weighted by Crippen LogP contribution is -2.03. The lowest BCUT2D eigenvalue weighted by atomic mass is 10.0. The molecule has 0 aliphatic carbocycles. The summed E-state index contributed by atoms with van der Waals surface area (Å²) in [6, 6.07) is 0. The smallest absolute Gasteiger partial charge is 0.215 e. The summed E-state index contributed by atoms with van der Waals surface area (Å²) in [6.45, 7) is 7.94. The van der Waals surface area contributed by atoms with Crippen molar-refractivity contribution in [1.29, 1.82) is 0 Å². The van der Waals surface area contributed by atoms with Crippen molar-refractivity contribution in [3.05, 3.63) is 11.3 Å². The zero-order valence-electron chi connectivity index (χ0n) is 10.8. The fraction of sp³-hybridized carbons (Fsp3) is 0.750. The van der Waals surface area contributed by atoms with Crippen LogP contribution in [0, 0.1) is 0 Å². The van der Waals surface area contributed by atoms with Crippen molar-refractivity contribution in [2.45, 2.75) is 46.1 Å². The minimum atomic E-state index is 0.425. The van der Waals surface area contributed by atoms with Crippen LogP contribution in [0.25, 0.3) is 0 Å². The molecule has 0 spiro atoms. The maximum atomic E-state index is 5.57. The van der Waals surface area contributed by atoms with Gasteiger partial charge in [-0.15, -0.1) is 0 Å². The molecule has 0 fully saturated rings. The number of nitrogens with two attached hydrogens (primary N) is 1. The van der Waals surface area contributed by atoms with Gasteiger partial charge in [0.25, 0.3) is 0 Å². The standard InChI is InChI=1S/C12H23N3O/c1-5-15-12(16-4)10(7-6-8-13)11(14-15)9(2)3/h9H,5-8,13H2,1-4H3. The first-order chi connectivity index (χ1) is 7.65. The summed E-state index contributed by atoms with van der Waals surface area (Å²) in [5, 5.41) is 4.60. The highest BCUT2D eigenvalue weighted by atomic mass is 16.5. The van der Waals surface area contributed by atoms with Crippen LogP contribution in [0.4, 0.5) is 0 Å². The molecule has 4 heteroatoms. The molecule has 0 aromatic carbocycles. The monoisotopic (exact) mass is 225 g/mol. The van der Waals surface area contributed by atoms with E-state index < -0.39 is 0 Å². The van der Waals surface area contributed by atoms with Crippen LogP contribution in [0.15, 0.2) is 0 Å². The molecule has 16 heavy (non-hydrogen) atoms. The summed E-state index contributed by atoms with van der Waals surface area (Å²) in [7, 11) is 1.71. The van der Waals surface area contributed by atoms with Crippen LogP contribution in [0.5, 0.6) is 5.88 Å². The van der Waals surface area contributed by atoms with E-state index in [1.54, 1.807) is 7.11 Å². The van der Waals surface area contributed by atoms with Gasteiger partial charge in [-0.05, 0) is 32.2 Å². The number of nitrogens with zero attached hydrogens (tertiary/aromatic N) is 2. The predicted octanol–water partition coefficient (Wildman–Crippen LogP) is 1.93. The molecule has 1 rings (SSSR count). The SMILES string of the molecule is CCn1nc(C(C)C)c(CCCN)c1OC. The highest BCUT2D eigenvalue weighted by Gasteiger charge is 2.19. The van der Waals surface area contributed by atoms with Crippen LogP contribution in [-0.2, 0) is 13.0 Å². The first-order valence-electron chi connectivity index (χ1n) is 5.99. The molecule has 1 aromatic heterocycles. The molecule has 0 aliphatic rings. The molecule has 0 unspecified atom stereocenters. The number of ether oxygens (including phenoxy) is 1. The van der Waals surface area contributed by atoms with Gasteiger partial charge < -0.3 is 10.5 Å². The van der Waals surface area contributed by atoms with Crippen molar-refractivity contribution in [2.75, 3.05) is 13.7 Å². The van der Waals surface area contributed by atoms with E-state index in [-0.39, 0.29) is 0 Å². The Bertz CT molecular complexity index is 331. The fourth-order valence-electron chi connectivity index (χ4n) is 1.92. The highest BCUT2D eigenvalue weighted by Crippen LogP contribution is 2.28. The van der Waals surface area contributed by atoms with Crippen molar-refractivity contribution < 1.29 is 4.74 Å². The van der Waals surface area contributed by atoms with Gasteiger partial charge in [0.05, 0.1) is 12.8 Å². The second-order valence-corrected chi connectivity index (χ2v) is 4.24. The summed E-state index contributed by atoms with van der Waals surface area (Å²) in [5.41, 5.74) is 7.94. The molecule has 1 heterocycles. The third-order valence-electron chi connectivity index (χ3n) is 2.70. The molecule has 0 aliphatic heterocycles. The average molecular weight is 225 g/mol. The number of methoxy groups -OCH3 is 1. The van der Waals surface area contributed by atoms with Crippen molar-refractivity contribution in [1.82, 2.24) is 9.78 Å². The normalized spacial score (nSPS) is 11.1. The van der Waals surface area contributed by atoms with E-state index in [1.807, 2.05) is 4.68 Å². The van der Waals surface area contributed by atoms with Crippen molar-refractivity contribution in [2.24, 2.45) is 5.73 Å². The van der Waals surface area contributed by atoms with Gasteiger partial charge in [-0.3, -0.25) is 0 Å². The maximum Gasteiger partial charge on any atom is 0.215 e. The van der Waals surface area contributed by atoms with Crippen molar-refractivity contribution >= 4 is 0 Å². The Morgan fingerprint density at radius 2 is 2.12 bits per heavy atom. The van der Waals surface area contributed by atoms with Gasteiger partial charge >= 0.3 is 0 Å². The maximum absolute atomic E-state index is 5.57. The van der Waals surface area contributed by atoms with Crippen molar-refractivity contribution in [3.63, 3.8) is 0 Å². The van der Waals surface area contributed by atoms with E-state index >= 15 is 0 Å². The second-order valence-electron chi connectivity index (χ2n) is 4.24. The summed E-state index contributed by atoms with van der Waals surface area (Å²) >= 11 is 0. The van der Waals surface area contributed by atoms with Gasteiger partial charge in [-0.2, -0.15) is 5.10 Å². The number of hydrogen-bond donors (Lipinski definition) is 1. The topological polar surface area (TPSA) is 53.1 Å². The van der Waals surface area contributed by atoms with E-state index in [2.05, 4.69) is 25.9 Å². The molecule has 2 N–H and O–H groups in total. The first-order valence-corrected chi connectivity index (χ1v) is 5.99. The number of hydrogen-bond acceptors (Lipinski definition) is 3. The van der Waals surface area contributed by atoms with Gasteiger partial charge in [0, 0.05) is 12.1 Å². The zero-order chi connectivity index (χ0) is 12.1. The molecule has 0 amide bonds. The summed E-state index contributed by atoms with van der Waals surface area (Å²) in [5.74, 6) is 1.33. The third kappa shape index (κ3) is 2.55. The van der Waals surface area contributed by atoms with Crippen LogP contribution in [0.2, 0.25) is 0 Å². The van der Waals surface area contributed by atoms with Gasteiger partial charge in [0.1, 0.15) is 0 Å². The zero-order valence-corrected chi connectivity index (χ0v) is 10.8. The first kappa shape index (κ1) is 13.0. The van der Waals surface area contributed by atoms with E-state index in [9.17, 15) is 0 Å². The highest BCUT2D eigenvalue weighted by molar-refractivity contribution is 5.33. The van der Waals surface area contributed by atoms with Gasteiger partial charge in [0.2, 0.25) is 5.88 Å². The number of aromatic nitrogens is 2. The molecule has 0 saturated carbocycles. The molecular weight excluding hydrogens is 202 g/mol. The average Bonchev–Trinajstić information content (AvgIpc) is 2.63. The second kappa shape index (κ2) is 5.89. The Labute approximate surface area is 97.8 Å². The molecule has 0 bridgehead atoms. The molecular formula is C12H23N3O. The van der Waals surface area contributed by atoms with Gasteiger partial charge in [-0.25, -0.2) is 4.68 Å². The van der Waals surface area contributed by atoms with E-state index in [0.29, 0.717) is 12.5 Å². The largest absolute Gasteiger partial charge is 0.481 e. The molecule has 92 valence electrons. The van der Waals surface area contributed by atoms with E-state index in [0.717, 1.165) is 31.0 Å². The molecule has 0 radical (unpaired) electrons. The minimum absolute atomic E-state index is 0.425. The van der Waals surface area contributed by atoms with Crippen LogP contribution in [-0.4, -0.2) is 23.4 Å². The molecule has 1 aromatic rings. The van der Waals surface area contributed by atoms with Crippen LogP contribution in [0.1, 0.15) is 44.4 Å². The Morgan fingerprint density at radius 3 is 2.56 bits per heavy atom. The Kier molecular flexibility index (Phi) is 4.80. The fourth-order valence-corrected chi connectivity index (χ4v) is 1.92. The summed E-state index contributed by atoms with van der Waals surface area (Å²) in [4.78, 5) is 0. The molecule has 0 atom stereocenters. The van der Waals surface area contributed by atoms with Gasteiger partial charge in [-0.1, -0.05) is 13.8 Å². The lowest BCUT2D eigenvalue weighted by Gasteiger charge is -2.07. The number of rotatable bonds is 6. The van der Waals surface area contributed by atoms with Gasteiger partial charge in [0.15, 0.2) is 0 Å². The van der Waals surface area contributed by atoms with E-state index in [4.69, 9.17) is 10.5 Å². The third-order valence-corrected chi connectivity index (χ3v) is 2.70. The minimum Gasteiger partial charge on any atom is -0.481 e. The Balaban J connectivity index is 3.10. The lowest BCUT2D eigenvalue weighted by molar-refractivity contribution is 0.359. The van der Waals surface area contributed by atoms with Crippen LogP contribution < -0.4 is 10.5 Å².